The number of oxazole rings is 1. The fourth-order valence-corrected chi connectivity index (χ4v) is 5.24. The Hall–Kier alpha value is -2.12. The molecule has 0 spiro atoms. The summed E-state index contributed by atoms with van der Waals surface area (Å²) in [5.74, 6) is 0.869. The summed E-state index contributed by atoms with van der Waals surface area (Å²) in [7, 11) is -2.95. The quantitative estimate of drug-likeness (QED) is 0.678. The molecule has 0 unspecified atom stereocenters. The average Bonchev–Trinajstić information content (AvgIpc) is 3.21. The Balaban J connectivity index is 1.64. The Morgan fingerprint density at radius 2 is 2.12 bits per heavy atom. The number of aryl methyl sites for hydroxylation is 1. The molecule has 0 amide bonds. The van der Waals surface area contributed by atoms with Gasteiger partial charge in [0.2, 0.25) is 5.89 Å². The van der Waals surface area contributed by atoms with Crippen LogP contribution in [-0.2, 0) is 9.84 Å². The predicted octanol–water partition coefficient (Wildman–Crippen LogP) is 3.82. The van der Waals surface area contributed by atoms with Crippen LogP contribution >= 0.6 is 11.6 Å². The van der Waals surface area contributed by atoms with Crippen molar-refractivity contribution in [2.45, 2.75) is 26.3 Å². The maximum atomic E-state index is 11.8. The third-order valence-corrected chi connectivity index (χ3v) is 6.68. The standard InChI is InChI=1S/C18H18ClN3O3S/c1-11-15(12(2)22(21-11)14-7-8-26(23,24)10-14)4-6-18-20-16-9-13(19)3-5-17(16)25-18/h3-6,9,14H,7-8,10H2,1-2H3/b6-4+/t14-/m0/s1. The molecule has 1 saturated heterocycles. The lowest BCUT2D eigenvalue weighted by molar-refractivity contribution is 0.486. The van der Waals surface area contributed by atoms with Crippen LogP contribution in [0.25, 0.3) is 23.3 Å². The number of halogens is 1. The second-order valence-electron chi connectivity index (χ2n) is 6.58. The third-order valence-electron chi connectivity index (χ3n) is 4.69. The summed E-state index contributed by atoms with van der Waals surface area (Å²) in [6.07, 6.45) is 4.31. The van der Waals surface area contributed by atoms with Gasteiger partial charge in [0, 0.05) is 22.4 Å². The number of fused-ring (bicyclic) bond motifs is 1. The van der Waals surface area contributed by atoms with Crippen molar-refractivity contribution in [2.24, 2.45) is 0 Å². The molecule has 4 rings (SSSR count). The molecule has 8 heteroatoms. The number of hydrogen-bond acceptors (Lipinski definition) is 5. The number of aromatic nitrogens is 3. The van der Waals surface area contributed by atoms with E-state index in [1.807, 2.05) is 24.6 Å². The highest BCUT2D eigenvalue weighted by molar-refractivity contribution is 7.91. The van der Waals surface area contributed by atoms with Crippen LogP contribution in [0.1, 0.15) is 35.3 Å². The van der Waals surface area contributed by atoms with Crippen LogP contribution < -0.4 is 0 Å². The zero-order valence-corrected chi connectivity index (χ0v) is 16.0. The molecule has 1 aliphatic rings. The fourth-order valence-electron chi connectivity index (χ4n) is 3.38. The number of rotatable bonds is 3. The van der Waals surface area contributed by atoms with Crippen LogP contribution in [0.4, 0.5) is 0 Å². The summed E-state index contributed by atoms with van der Waals surface area (Å²) < 4.78 is 31.0. The van der Waals surface area contributed by atoms with Gasteiger partial charge in [0.15, 0.2) is 15.4 Å². The monoisotopic (exact) mass is 391 g/mol. The van der Waals surface area contributed by atoms with Gasteiger partial charge in [-0.05, 0) is 44.5 Å². The van der Waals surface area contributed by atoms with Crippen LogP contribution in [0.2, 0.25) is 5.02 Å². The van der Waals surface area contributed by atoms with E-state index in [0.717, 1.165) is 17.0 Å². The summed E-state index contributed by atoms with van der Waals surface area (Å²) in [6, 6.07) is 5.22. The van der Waals surface area contributed by atoms with Gasteiger partial charge in [-0.15, -0.1) is 0 Å². The average molecular weight is 392 g/mol. The van der Waals surface area contributed by atoms with E-state index < -0.39 is 9.84 Å². The van der Waals surface area contributed by atoms with E-state index in [9.17, 15) is 8.42 Å². The largest absolute Gasteiger partial charge is 0.437 e. The van der Waals surface area contributed by atoms with E-state index in [4.69, 9.17) is 16.0 Å². The molecule has 2 aromatic heterocycles. The molecule has 3 heterocycles. The zero-order valence-electron chi connectivity index (χ0n) is 14.4. The number of sulfone groups is 1. The molecule has 0 radical (unpaired) electrons. The molecule has 0 bridgehead atoms. The van der Waals surface area contributed by atoms with Crippen molar-refractivity contribution in [3.8, 4) is 0 Å². The van der Waals surface area contributed by atoms with E-state index in [-0.39, 0.29) is 17.5 Å². The van der Waals surface area contributed by atoms with E-state index in [1.54, 1.807) is 24.3 Å². The molecule has 0 aliphatic carbocycles. The van der Waals surface area contributed by atoms with Crippen molar-refractivity contribution in [1.29, 1.82) is 0 Å². The lowest BCUT2D eigenvalue weighted by Gasteiger charge is -2.10. The Kier molecular flexibility index (Phi) is 4.16. The highest BCUT2D eigenvalue weighted by Gasteiger charge is 2.31. The molecule has 6 nitrogen and oxygen atoms in total. The lowest BCUT2D eigenvalue weighted by Crippen LogP contribution is -2.13. The molecular formula is C18H18ClN3O3S. The maximum Gasteiger partial charge on any atom is 0.220 e. The van der Waals surface area contributed by atoms with Gasteiger partial charge in [-0.3, -0.25) is 4.68 Å². The Bertz CT molecular complexity index is 1130. The SMILES string of the molecule is Cc1nn([C@H]2CCS(=O)(=O)C2)c(C)c1/C=C/c1nc2cc(Cl)ccc2o1. The van der Waals surface area contributed by atoms with E-state index >= 15 is 0 Å². The Morgan fingerprint density at radius 3 is 2.85 bits per heavy atom. The lowest BCUT2D eigenvalue weighted by atomic mass is 10.1. The summed E-state index contributed by atoms with van der Waals surface area (Å²) in [6.45, 7) is 3.87. The topological polar surface area (TPSA) is 78.0 Å². The van der Waals surface area contributed by atoms with Crippen molar-refractivity contribution >= 4 is 44.7 Å². The molecule has 0 saturated carbocycles. The Morgan fingerprint density at radius 1 is 1.31 bits per heavy atom. The first kappa shape index (κ1) is 17.3. The summed E-state index contributed by atoms with van der Waals surface area (Å²) in [5.41, 5.74) is 4.13. The molecule has 1 aromatic carbocycles. The first-order chi connectivity index (χ1) is 12.3. The number of nitrogens with zero attached hydrogens (tertiary/aromatic N) is 3. The van der Waals surface area contributed by atoms with Crippen LogP contribution in [-0.4, -0.2) is 34.7 Å². The van der Waals surface area contributed by atoms with Gasteiger partial charge in [-0.25, -0.2) is 13.4 Å². The molecule has 0 N–H and O–H groups in total. The van der Waals surface area contributed by atoms with Crippen LogP contribution in [0.5, 0.6) is 0 Å². The Labute approximate surface area is 156 Å². The number of benzene rings is 1. The highest BCUT2D eigenvalue weighted by atomic mass is 35.5. The molecule has 1 atom stereocenters. The van der Waals surface area contributed by atoms with Gasteiger partial charge in [-0.1, -0.05) is 11.6 Å². The van der Waals surface area contributed by atoms with Crippen molar-refractivity contribution in [3.05, 3.63) is 46.1 Å². The third kappa shape index (κ3) is 3.17. The predicted molar refractivity (Wildman–Crippen MR) is 102 cm³/mol. The number of hydrogen-bond donors (Lipinski definition) is 0. The van der Waals surface area contributed by atoms with Crippen molar-refractivity contribution in [1.82, 2.24) is 14.8 Å². The van der Waals surface area contributed by atoms with Crippen LogP contribution in [0.3, 0.4) is 0 Å². The highest BCUT2D eigenvalue weighted by Crippen LogP contribution is 2.28. The minimum atomic E-state index is -2.95. The smallest absolute Gasteiger partial charge is 0.220 e. The molecular weight excluding hydrogens is 374 g/mol. The second kappa shape index (κ2) is 6.25. The van der Waals surface area contributed by atoms with Crippen molar-refractivity contribution in [3.63, 3.8) is 0 Å². The second-order valence-corrected chi connectivity index (χ2v) is 9.25. The fraction of sp³-hybridized carbons (Fsp3) is 0.333. The normalized spacial score (nSPS) is 19.7. The molecule has 26 heavy (non-hydrogen) atoms. The van der Waals surface area contributed by atoms with E-state index in [2.05, 4.69) is 10.1 Å². The van der Waals surface area contributed by atoms with Gasteiger partial charge in [0.05, 0.1) is 23.2 Å². The van der Waals surface area contributed by atoms with E-state index in [0.29, 0.717) is 28.4 Å². The van der Waals surface area contributed by atoms with Crippen molar-refractivity contribution in [2.75, 3.05) is 11.5 Å². The minimum Gasteiger partial charge on any atom is -0.437 e. The molecule has 1 fully saturated rings. The molecule has 3 aromatic rings. The maximum absolute atomic E-state index is 11.8. The molecule has 1 aliphatic heterocycles. The van der Waals surface area contributed by atoms with Crippen LogP contribution in [0, 0.1) is 13.8 Å². The minimum absolute atomic E-state index is 0.0904. The van der Waals surface area contributed by atoms with Gasteiger partial charge in [0.1, 0.15) is 5.52 Å². The summed E-state index contributed by atoms with van der Waals surface area (Å²) in [5, 5.41) is 5.17. The van der Waals surface area contributed by atoms with Gasteiger partial charge in [-0.2, -0.15) is 5.10 Å². The summed E-state index contributed by atoms with van der Waals surface area (Å²) >= 11 is 5.97. The van der Waals surface area contributed by atoms with Crippen LogP contribution in [0.15, 0.2) is 22.6 Å². The molecule has 136 valence electrons. The first-order valence-corrected chi connectivity index (χ1v) is 10.5. The first-order valence-electron chi connectivity index (χ1n) is 8.33. The van der Waals surface area contributed by atoms with E-state index in [1.165, 1.54) is 0 Å². The van der Waals surface area contributed by atoms with Gasteiger partial charge >= 0.3 is 0 Å². The van der Waals surface area contributed by atoms with Gasteiger partial charge < -0.3 is 4.42 Å². The zero-order chi connectivity index (χ0) is 18.5. The van der Waals surface area contributed by atoms with Crippen molar-refractivity contribution < 1.29 is 12.8 Å². The van der Waals surface area contributed by atoms with Gasteiger partial charge in [0.25, 0.3) is 0 Å². The summed E-state index contributed by atoms with van der Waals surface area (Å²) in [4.78, 5) is 4.41.